The summed E-state index contributed by atoms with van der Waals surface area (Å²) in [6, 6.07) is 78.9. The Hall–Kier alpha value is -8.01. The molecular formula is C58H36N2O. The van der Waals surface area contributed by atoms with E-state index >= 15 is 0 Å². The molecule has 3 heteroatoms. The van der Waals surface area contributed by atoms with Gasteiger partial charge in [-0.2, -0.15) is 0 Å². The van der Waals surface area contributed by atoms with Crippen LogP contribution >= 0.6 is 0 Å². The molecule has 0 amide bonds. The Labute approximate surface area is 353 Å². The summed E-state index contributed by atoms with van der Waals surface area (Å²) >= 11 is 0. The van der Waals surface area contributed by atoms with Gasteiger partial charge in [-0.15, -0.1) is 0 Å². The summed E-state index contributed by atoms with van der Waals surface area (Å²) in [5.41, 5.74) is 16.5. The lowest BCUT2D eigenvalue weighted by molar-refractivity contribution is 0.440. The van der Waals surface area contributed by atoms with E-state index in [4.69, 9.17) is 9.72 Å². The van der Waals surface area contributed by atoms with Gasteiger partial charge in [0.15, 0.2) is 5.75 Å². The average Bonchev–Trinajstić information content (AvgIpc) is 3.83. The molecule has 0 bridgehead atoms. The minimum Gasteiger partial charge on any atom is -0.454 e. The maximum atomic E-state index is 7.29. The molecule has 0 radical (unpaired) electrons. The quantitative estimate of drug-likeness (QED) is 0.178. The molecule has 2 aliphatic rings. The van der Waals surface area contributed by atoms with Gasteiger partial charge < -0.3 is 9.30 Å². The van der Waals surface area contributed by atoms with Gasteiger partial charge >= 0.3 is 0 Å². The Kier molecular flexibility index (Phi) is 7.22. The van der Waals surface area contributed by atoms with Crippen LogP contribution in [0.4, 0.5) is 0 Å². The minimum absolute atomic E-state index is 0.562. The van der Waals surface area contributed by atoms with Crippen molar-refractivity contribution in [2.75, 3.05) is 0 Å². The largest absolute Gasteiger partial charge is 0.454 e. The van der Waals surface area contributed by atoms with Crippen LogP contribution in [0.3, 0.4) is 0 Å². The van der Waals surface area contributed by atoms with E-state index in [1.54, 1.807) is 0 Å². The van der Waals surface area contributed by atoms with Crippen LogP contribution in [-0.4, -0.2) is 9.55 Å². The van der Waals surface area contributed by atoms with Gasteiger partial charge in [0, 0.05) is 38.4 Å². The number of benzene rings is 9. The number of para-hydroxylation sites is 2. The summed E-state index contributed by atoms with van der Waals surface area (Å²) in [6.07, 6.45) is 0. The highest BCUT2D eigenvalue weighted by Crippen LogP contribution is 2.63. The van der Waals surface area contributed by atoms with Crippen molar-refractivity contribution < 1.29 is 4.74 Å². The molecular weight excluding hydrogens is 741 g/mol. The Bertz CT molecular complexity index is 3460. The molecule has 0 unspecified atom stereocenters. The van der Waals surface area contributed by atoms with Gasteiger partial charge in [-0.05, 0) is 69.1 Å². The lowest BCUT2D eigenvalue weighted by Gasteiger charge is -2.39. The number of pyridine rings is 1. The first-order valence-electron chi connectivity index (χ1n) is 21.0. The van der Waals surface area contributed by atoms with Crippen molar-refractivity contribution in [3.63, 3.8) is 0 Å². The van der Waals surface area contributed by atoms with Crippen molar-refractivity contribution in [1.82, 2.24) is 9.55 Å². The van der Waals surface area contributed by atoms with Gasteiger partial charge in [0.2, 0.25) is 0 Å². The van der Waals surface area contributed by atoms with Crippen molar-refractivity contribution in [2.24, 2.45) is 0 Å². The second kappa shape index (κ2) is 13.0. The third kappa shape index (κ3) is 4.77. The van der Waals surface area contributed by atoms with Crippen LogP contribution in [0, 0.1) is 0 Å². The van der Waals surface area contributed by atoms with Crippen LogP contribution < -0.4 is 4.74 Å². The van der Waals surface area contributed by atoms with Crippen LogP contribution in [0.5, 0.6) is 11.5 Å². The van der Waals surface area contributed by atoms with Crippen molar-refractivity contribution >= 4 is 32.6 Å². The number of rotatable bonds is 4. The van der Waals surface area contributed by atoms with Gasteiger partial charge in [-0.25, -0.2) is 4.98 Å². The van der Waals surface area contributed by atoms with E-state index in [1.165, 1.54) is 38.6 Å². The molecule has 284 valence electrons. The maximum absolute atomic E-state index is 7.29. The summed E-state index contributed by atoms with van der Waals surface area (Å²) in [5, 5.41) is 4.67. The number of aromatic nitrogens is 2. The van der Waals surface area contributed by atoms with Crippen LogP contribution in [0.2, 0.25) is 0 Å². The first-order valence-corrected chi connectivity index (χ1v) is 21.0. The summed E-state index contributed by atoms with van der Waals surface area (Å²) in [7, 11) is 0. The van der Waals surface area contributed by atoms with E-state index in [1.807, 2.05) is 0 Å². The van der Waals surface area contributed by atoms with Crippen molar-refractivity contribution in [3.05, 3.63) is 241 Å². The lowest BCUT2D eigenvalue weighted by Crippen LogP contribution is -2.32. The molecule has 2 aromatic heterocycles. The molecule has 61 heavy (non-hydrogen) atoms. The SMILES string of the molecule is c1ccc(-c2cc(-c3ccc(-n4c5ccccc5c5ccc6c(c54)Oc4ccccc4C64c5ccccc5-c5ccccc54)c4ccccc34)cc(-c3ccccc3)n2)cc1. The molecule has 3 heterocycles. The minimum atomic E-state index is -0.562. The molecule has 11 aromatic rings. The Morgan fingerprint density at radius 1 is 0.377 bits per heavy atom. The van der Waals surface area contributed by atoms with Crippen LogP contribution in [0.1, 0.15) is 22.3 Å². The molecule has 9 aromatic carbocycles. The van der Waals surface area contributed by atoms with Crippen molar-refractivity contribution in [3.8, 4) is 62.0 Å². The van der Waals surface area contributed by atoms with E-state index in [0.717, 1.165) is 78.2 Å². The molecule has 13 rings (SSSR count). The zero-order valence-corrected chi connectivity index (χ0v) is 33.1. The fourth-order valence-electron chi connectivity index (χ4n) is 10.5. The molecule has 0 fully saturated rings. The predicted molar refractivity (Wildman–Crippen MR) is 250 cm³/mol. The van der Waals surface area contributed by atoms with Crippen LogP contribution in [0.25, 0.3) is 83.0 Å². The zero-order valence-electron chi connectivity index (χ0n) is 33.1. The summed E-state index contributed by atoms with van der Waals surface area (Å²) in [5.74, 6) is 1.77. The van der Waals surface area contributed by atoms with Crippen LogP contribution in [-0.2, 0) is 5.41 Å². The highest BCUT2D eigenvalue weighted by atomic mass is 16.5. The molecule has 0 saturated heterocycles. The Morgan fingerprint density at radius 2 is 0.934 bits per heavy atom. The monoisotopic (exact) mass is 776 g/mol. The lowest BCUT2D eigenvalue weighted by atomic mass is 9.66. The van der Waals surface area contributed by atoms with E-state index in [2.05, 4.69) is 223 Å². The highest BCUT2D eigenvalue weighted by Gasteiger charge is 2.51. The fourth-order valence-corrected chi connectivity index (χ4v) is 10.5. The third-order valence-electron chi connectivity index (χ3n) is 13.1. The molecule has 1 aliphatic carbocycles. The van der Waals surface area contributed by atoms with E-state index in [-0.39, 0.29) is 0 Å². The Morgan fingerprint density at radius 3 is 1.62 bits per heavy atom. The van der Waals surface area contributed by atoms with Gasteiger partial charge in [-0.1, -0.05) is 188 Å². The van der Waals surface area contributed by atoms with Crippen LogP contribution in [0.15, 0.2) is 218 Å². The number of ether oxygens (including phenoxy) is 1. The van der Waals surface area contributed by atoms with Gasteiger partial charge in [-0.3, -0.25) is 0 Å². The van der Waals surface area contributed by atoms with Crippen molar-refractivity contribution in [2.45, 2.75) is 5.41 Å². The first kappa shape index (κ1) is 33.9. The predicted octanol–water partition coefficient (Wildman–Crippen LogP) is 14.8. The fraction of sp³-hybridized carbons (Fsp3) is 0.0172. The molecule has 0 atom stereocenters. The van der Waals surface area contributed by atoms with E-state index < -0.39 is 5.41 Å². The van der Waals surface area contributed by atoms with Gasteiger partial charge in [0.1, 0.15) is 5.75 Å². The van der Waals surface area contributed by atoms with Gasteiger partial charge in [0.05, 0.1) is 33.5 Å². The summed E-state index contributed by atoms with van der Waals surface area (Å²) in [4.78, 5) is 5.20. The molecule has 0 saturated carbocycles. The third-order valence-corrected chi connectivity index (χ3v) is 13.1. The van der Waals surface area contributed by atoms with E-state index in [0.29, 0.717) is 0 Å². The molecule has 1 aliphatic heterocycles. The van der Waals surface area contributed by atoms with E-state index in [9.17, 15) is 0 Å². The molecule has 3 nitrogen and oxygen atoms in total. The number of fused-ring (bicyclic) bond motifs is 14. The second-order valence-electron chi connectivity index (χ2n) is 16.2. The standard InChI is InChI=1S/C58H36N2O/c1-3-17-37(18-4-1)51-35-39(36-52(59-51)38-19-5-2-6-20-38)40-32-34-54(44-24-8-7-21-41(40)44)60-53-29-15-11-25-45(53)46-31-33-50-57(56(46)60)61-55-30-16-14-28-49(55)58(50)47-26-12-9-22-42(47)43-23-10-13-27-48(43)58/h1-36H. The Balaban J connectivity index is 1.10. The number of hydrogen-bond acceptors (Lipinski definition) is 2. The smallest absolute Gasteiger partial charge is 0.156 e. The first-order chi connectivity index (χ1) is 30.3. The van der Waals surface area contributed by atoms with Gasteiger partial charge in [0.25, 0.3) is 0 Å². The topological polar surface area (TPSA) is 27.1 Å². The summed E-state index contributed by atoms with van der Waals surface area (Å²) in [6.45, 7) is 0. The van der Waals surface area contributed by atoms with Crippen molar-refractivity contribution in [1.29, 1.82) is 0 Å². The number of nitrogens with zero attached hydrogens (tertiary/aromatic N) is 2. The highest BCUT2D eigenvalue weighted by molar-refractivity contribution is 6.14. The second-order valence-corrected chi connectivity index (χ2v) is 16.2. The zero-order chi connectivity index (χ0) is 40.1. The summed E-state index contributed by atoms with van der Waals surface area (Å²) < 4.78 is 9.75. The maximum Gasteiger partial charge on any atom is 0.156 e. The normalized spacial score (nSPS) is 13.2. The molecule has 1 spiro atoms. The molecule has 0 N–H and O–H groups in total. The average molecular weight is 777 g/mol. The number of hydrogen-bond donors (Lipinski definition) is 0.